The highest BCUT2D eigenvalue weighted by Crippen LogP contribution is 2.27. The van der Waals surface area contributed by atoms with E-state index in [1.807, 2.05) is 60.7 Å². The van der Waals surface area contributed by atoms with Gasteiger partial charge in [-0.05, 0) is 17.5 Å². The van der Waals surface area contributed by atoms with Crippen LogP contribution in [0.4, 0.5) is 0 Å². The van der Waals surface area contributed by atoms with E-state index in [0.717, 1.165) is 24.0 Å². The molecule has 0 unspecified atom stereocenters. The normalized spacial score (nSPS) is 10.5. The number of unbranched alkanes of at least 4 members (excludes halogenated alkanes) is 1. The van der Waals surface area contributed by atoms with Crippen LogP contribution >= 0.6 is 0 Å². The molecule has 4 heteroatoms. The average Bonchev–Trinajstić information content (AvgIpc) is 2.66. The molecule has 132 valence electrons. The fourth-order valence-electron chi connectivity index (χ4n) is 2.70. The standard InChI is InChI=1S/C21H26N2O2/c1-2-3-14-22-21(25)16-23-20(24)15-19(17-10-6-4-7-11-17)18-12-8-5-9-13-18/h4-13,19H,2-3,14-16H2,1H3,(H,22,25)(H,23,24). The molecule has 0 aliphatic heterocycles. The van der Waals surface area contributed by atoms with Gasteiger partial charge in [0, 0.05) is 18.9 Å². The van der Waals surface area contributed by atoms with E-state index in [9.17, 15) is 9.59 Å². The van der Waals surface area contributed by atoms with E-state index < -0.39 is 0 Å². The third-order valence-corrected chi connectivity index (χ3v) is 4.09. The number of hydrogen-bond acceptors (Lipinski definition) is 2. The van der Waals surface area contributed by atoms with Gasteiger partial charge in [-0.15, -0.1) is 0 Å². The molecule has 0 atom stereocenters. The van der Waals surface area contributed by atoms with Crippen molar-refractivity contribution in [3.63, 3.8) is 0 Å². The largest absolute Gasteiger partial charge is 0.355 e. The second-order valence-corrected chi connectivity index (χ2v) is 6.06. The molecule has 0 spiro atoms. The Kier molecular flexibility index (Phi) is 7.70. The number of benzene rings is 2. The lowest BCUT2D eigenvalue weighted by atomic mass is 9.88. The second kappa shape index (κ2) is 10.3. The van der Waals surface area contributed by atoms with E-state index in [-0.39, 0.29) is 24.3 Å². The van der Waals surface area contributed by atoms with Crippen LogP contribution in [-0.4, -0.2) is 24.9 Å². The van der Waals surface area contributed by atoms with Gasteiger partial charge in [0.25, 0.3) is 0 Å². The molecule has 25 heavy (non-hydrogen) atoms. The maximum Gasteiger partial charge on any atom is 0.239 e. The van der Waals surface area contributed by atoms with Crippen molar-refractivity contribution in [2.24, 2.45) is 0 Å². The minimum atomic E-state index is -0.141. The van der Waals surface area contributed by atoms with Crippen LogP contribution in [0.3, 0.4) is 0 Å². The van der Waals surface area contributed by atoms with Gasteiger partial charge in [0.05, 0.1) is 6.54 Å². The van der Waals surface area contributed by atoms with Crippen LogP contribution in [0, 0.1) is 0 Å². The number of hydrogen-bond donors (Lipinski definition) is 2. The van der Waals surface area contributed by atoms with Gasteiger partial charge in [0.15, 0.2) is 0 Å². The maximum atomic E-state index is 12.3. The average molecular weight is 338 g/mol. The highest BCUT2D eigenvalue weighted by molar-refractivity contribution is 5.85. The van der Waals surface area contributed by atoms with Crippen LogP contribution in [0.15, 0.2) is 60.7 Å². The van der Waals surface area contributed by atoms with Crippen molar-refractivity contribution in [1.29, 1.82) is 0 Å². The van der Waals surface area contributed by atoms with Gasteiger partial charge in [-0.3, -0.25) is 9.59 Å². The highest BCUT2D eigenvalue weighted by atomic mass is 16.2. The predicted molar refractivity (Wildman–Crippen MR) is 100 cm³/mol. The Bertz CT molecular complexity index is 617. The minimum Gasteiger partial charge on any atom is -0.355 e. The van der Waals surface area contributed by atoms with Crippen molar-refractivity contribution in [1.82, 2.24) is 10.6 Å². The number of amides is 2. The molecule has 2 aromatic carbocycles. The molecule has 2 N–H and O–H groups in total. The van der Waals surface area contributed by atoms with Crippen LogP contribution in [0.1, 0.15) is 43.2 Å². The first kappa shape index (κ1) is 18.7. The summed E-state index contributed by atoms with van der Waals surface area (Å²) in [6, 6.07) is 20.0. The van der Waals surface area contributed by atoms with Crippen LogP contribution < -0.4 is 10.6 Å². The topological polar surface area (TPSA) is 58.2 Å². The molecule has 0 aromatic heterocycles. The van der Waals surface area contributed by atoms with Crippen molar-refractivity contribution in [3.05, 3.63) is 71.8 Å². The summed E-state index contributed by atoms with van der Waals surface area (Å²) >= 11 is 0. The summed E-state index contributed by atoms with van der Waals surface area (Å²) in [7, 11) is 0. The molecule has 0 fully saturated rings. The Hall–Kier alpha value is -2.62. The summed E-state index contributed by atoms with van der Waals surface area (Å²) in [6.45, 7) is 2.75. The van der Waals surface area contributed by atoms with Crippen molar-refractivity contribution in [2.75, 3.05) is 13.1 Å². The molecule has 0 aliphatic carbocycles. The smallest absolute Gasteiger partial charge is 0.239 e. The summed E-state index contributed by atoms with van der Waals surface area (Å²) in [5.74, 6) is -0.285. The third-order valence-electron chi connectivity index (χ3n) is 4.09. The molecule has 4 nitrogen and oxygen atoms in total. The molecule has 0 aliphatic rings. The van der Waals surface area contributed by atoms with Crippen molar-refractivity contribution >= 4 is 11.8 Å². The Balaban J connectivity index is 1.95. The summed E-state index contributed by atoms with van der Waals surface area (Å²) in [4.78, 5) is 24.1. The summed E-state index contributed by atoms with van der Waals surface area (Å²) < 4.78 is 0. The molecule has 0 bridgehead atoms. The summed E-state index contributed by atoms with van der Waals surface area (Å²) in [5, 5.41) is 5.53. The third kappa shape index (κ3) is 6.42. The van der Waals surface area contributed by atoms with E-state index >= 15 is 0 Å². The molecule has 0 saturated carbocycles. The molecular formula is C21H26N2O2. The van der Waals surface area contributed by atoms with Gasteiger partial charge in [-0.2, -0.15) is 0 Å². The van der Waals surface area contributed by atoms with Crippen molar-refractivity contribution < 1.29 is 9.59 Å². The number of carbonyl (C=O) groups is 2. The summed E-state index contributed by atoms with van der Waals surface area (Å²) in [6.07, 6.45) is 2.29. The first-order valence-corrected chi connectivity index (χ1v) is 8.84. The van der Waals surface area contributed by atoms with Gasteiger partial charge >= 0.3 is 0 Å². The fourth-order valence-corrected chi connectivity index (χ4v) is 2.70. The first-order valence-electron chi connectivity index (χ1n) is 8.84. The van der Waals surface area contributed by atoms with Crippen LogP contribution in [0.2, 0.25) is 0 Å². The monoisotopic (exact) mass is 338 g/mol. The van der Waals surface area contributed by atoms with E-state index in [1.54, 1.807) is 0 Å². The Labute approximate surface area is 149 Å². The Morgan fingerprint density at radius 1 is 0.840 bits per heavy atom. The zero-order chi connectivity index (χ0) is 17.9. The lowest BCUT2D eigenvalue weighted by molar-refractivity contribution is -0.126. The second-order valence-electron chi connectivity index (χ2n) is 6.06. The van der Waals surface area contributed by atoms with Crippen molar-refractivity contribution in [2.45, 2.75) is 32.1 Å². The first-order chi connectivity index (χ1) is 12.2. The molecule has 2 rings (SSSR count). The molecule has 0 saturated heterocycles. The van der Waals surface area contributed by atoms with Gasteiger partial charge < -0.3 is 10.6 Å². The molecule has 2 amide bonds. The lowest BCUT2D eigenvalue weighted by Crippen LogP contribution is -2.37. The Morgan fingerprint density at radius 2 is 1.40 bits per heavy atom. The lowest BCUT2D eigenvalue weighted by Gasteiger charge is -2.18. The summed E-state index contributed by atoms with van der Waals surface area (Å²) in [5.41, 5.74) is 2.19. The zero-order valence-electron chi connectivity index (χ0n) is 14.7. The molecule has 0 heterocycles. The number of rotatable bonds is 9. The Morgan fingerprint density at radius 3 is 1.92 bits per heavy atom. The number of nitrogens with one attached hydrogen (secondary N) is 2. The van der Waals surface area contributed by atoms with Gasteiger partial charge in [0.2, 0.25) is 11.8 Å². The molecule has 0 radical (unpaired) electrons. The zero-order valence-corrected chi connectivity index (χ0v) is 14.7. The minimum absolute atomic E-state index is 0.0226. The number of carbonyl (C=O) groups excluding carboxylic acids is 2. The van der Waals surface area contributed by atoms with E-state index in [0.29, 0.717) is 13.0 Å². The van der Waals surface area contributed by atoms with Gasteiger partial charge in [-0.25, -0.2) is 0 Å². The highest BCUT2D eigenvalue weighted by Gasteiger charge is 2.18. The van der Waals surface area contributed by atoms with Crippen LogP contribution in [0.5, 0.6) is 0 Å². The SMILES string of the molecule is CCCCNC(=O)CNC(=O)CC(c1ccccc1)c1ccccc1. The predicted octanol–water partition coefficient (Wildman–Crippen LogP) is 3.24. The molecule has 2 aromatic rings. The van der Waals surface area contributed by atoms with E-state index in [4.69, 9.17) is 0 Å². The fraction of sp³-hybridized carbons (Fsp3) is 0.333. The van der Waals surface area contributed by atoms with E-state index in [1.165, 1.54) is 0 Å². The maximum absolute atomic E-state index is 12.3. The van der Waals surface area contributed by atoms with E-state index in [2.05, 4.69) is 17.6 Å². The quantitative estimate of drug-likeness (QED) is 0.690. The van der Waals surface area contributed by atoms with Crippen molar-refractivity contribution in [3.8, 4) is 0 Å². The van der Waals surface area contributed by atoms with Crippen LogP contribution in [-0.2, 0) is 9.59 Å². The van der Waals surface area contributed by atoms with Crippen LogP contribution in [0.25, 0.3) is 0 Å². The molecular weight excluding hydrogens is 312 g/mol. The van der Waals surface area contributed by atoms with Gasteiger partial charge in [-0.1, -0.05) is 74.0 Å². The van der Waals surface area contributed by atoms with Gasteiger partial charge in [0.1, 0.15) is 0 Å².